The molecule has 2 aromatic rings. The lowest BCUT2D eigenvalue weighted by Crippen LogP contribution is -2.44. The van der Waals surface area contributed by atoms with Crippen molar-refractivity contribution in [3.05, 3.63) is 59.3 Å². The van der Waals surface area contributed by atoms with Gasteiger partial charge in [0.25, 0.3) is 5.91 Å². The fraction of sp³-hybridized carbons (Fsp3) is 0.368. The van der Waals surface area contributed by atoms with Crippen molar-refractivity contribution in [3.63, 3.8) is 0 Å². The molecule has 0 unspecified atom stereocenters. The van der Waals surface area contributed by atoms with Gasteiger partial charge in [-0.05, 0) is 36.4 Å². The molecule has 0 spiro atoms. The average molecular weight is 376 g/mol. The molecule has 140 valence electrons. The largest absolute Gasteiger partial charge is 0.354 e. The first-order valence-electron chi connectivity index (χ1n) is 8.61. The number of piperazine rings is 1. The lowest BCUT2D eigenvalue weighted by Gasteiger charge is -2.33. The summed E-state index contributed by atoms with van der Waals surface area (Å²) in [5, 5.41) is 2.93. The predicted octanol–water partition coefficient (Wildman–Crippen LogP) is 1.64. The van der Waals surface area contributed by atoms with Gasteiger partial charge in [-0.15, -0.1) is 12.4 Å². The van der Waals surface area contributed by atoms with Crippen LogP contribution >= 0.6 is 12.4 Å². The molecule has 26 heavy (non-hydrogen) atoms. The highest BCUT2D eigenvalue weighted by Gasteiger charge is 2.15. The SMILES string of the molecule is CN1CCN(c2ccc(CNC(=O)c3ccc(CN)cc3)cn2)CC1.Cl. The summed E-state index contributed by atoms with van der Waals surface area (Å²) in [6.07, 6.45) is 1.84. The minimum Gasteiger partial charge on any atom is -0.354 e. The van der Waals surface area contributed by atoms with Crippen molar-refractivity contribution in [2.24, 2.45) is 5.73 Å². The van der Waals surface area contributed by atoms with E-state index in [-0.39, 0.29) is 18.3 Å². The maximum atomic E-state index is 12.2. The van der Waals surface area contributed by atoms with Crippen molar-refractivity contribution in [1.29, 1.82) is 0 Å². The number of hydrogen-bond acceptors (Lipinski definition) is 5. The van der Waals surface area contributed by atoms with Gasteiger partial charge in [0.15, 0.2) is 0 Å². The standard InChI is InChI=1S/C19H25N5O.ClH/c1-23-8-10-24(11-9-23)18-7-4-16(13-21-18)14-22-19(25)17-5-2-15(12-20)3-6-17;/h2-7,13H,8-12,14,20H2,1H3,(H,22,25);1H. The molecule has 1 aromatic heterocycles. The molecule has 0 atom stereocenters. The number of amides is 1. The van der Waals surface area contributed by atoms with E-state index in [0.29, 0.717) is 18.7 Å². The number of aromatic nitrogens is 1. The predicted molar refractivity (Wildman–Crippen MR) is 107 cm³/mol. The van der Waals surface area contributed by atoms with Gasteiger partial charge >= 0.3 is 0 Å². The highest BCUT2D eigenvalue weighted by atomic mass is 35.5. The zero-order valence-electron chi connectivity index (χ0n) is 15.0. The molecular formula is C19H26ClN5O. The molecule has 2 heterocycles. The first-order valence-corrected chi connectivity index (χ1v) is 8.61. The van der Waals surface area contributed by atoms with Crippen LogP contribution in [0.5, 0.6) is 0 Å². The summed E-state index contributed by atoms with van der Waals surface area (Å²) in [4.78, 5) is 21.3. The third-order valence-corrected chi connectivity index (χ3v) is 4.54. The normalized spacial score (nSPS) is 14.6. The van der Waals surface area contributed by atoms with Crippen molar-refractivity contribution >= 4 is 24.1 Å². The number of carbonyl (C=O) groups is 1. The number of halogens is 1. The van der Waals surface area contributed by atoms with Gasteiger partial charge < -0.3 is 20.9 Å². The molecule has 1 amide bonds. The number of hydrogen-bond donors (Lipinski definition) is 2. The van der Waals surface area contributed by atoms with Crippen LogP contribution in [-0.2, 0) is 13.1 Å². The number of pyridine rings is 1. The number of rotatable bonds is 5. The highest BCUT2D eigenvalue weighted by Crippen LogP contribution is 2.13. The Morgan fingerprint density at radius 1 is 1.08 bits per heavy atom. The third kappa shape index (κ3) is 5.17. The first kappa shape index (κ1) is 20.2. The van der Waals surface area contributed by atoms with Crippen LogP contribution in [-0.4, -0.2) is 49.0 Å². The molecule has 1 saturated heterocycles. The molecule has 1 aliphatic rings. The summed E-state index contributed by atoms with van der Waals surface area (Å²) in [5.74, 6) is 0.910. The number of benzene rings is 1. The molecule has 1 fully saturated rings. The Morgan fingerprint density at radius 3 is 2.31 bits per heavy atom. The molecule has 7 heteroatoms. The van der Waals surface area contributed by atoms with Gasteiger partial charge in [0.05, 0.1) is 0 Å². The molecular weight excluding hydrogens is 350 g/mol. The quantitative estimate of drug-likeness (QED) is 0.831. The monoisotopic (exact) mass is 375 g/mol. The number of nitrogens with one attached hydrogen (secondary N) is 1. The minimum absolute atomic E-state index is 0. The minimum atomic E-state index is -0.0910. The van der Waals surface area contributed by atoms with Crippen molar-refractivity contribution in [3.8, 4) is 0 Å². The zero-order valence-corrected chi connectivity index (χ0v) is 15.8. The van der Waals surface area contributed by atoms with Crippen molar-refractivity contribution in [2.45, 2.75) is 13.1 Å². The smallest absolute Gasteiger partial charge is 0.251 e. The lowest BCUT2D eigenvalue weighted by molar-refractivity contribution is 0.0951. The molecule has 0 aliphatic carbocycles. The lowest BCUT2D eigenvalue weighted by atomic mass is 10.1. The van der Waals surface area contributed by atoms with E-state index in [4.69, 9.17) is 5.73 Å². The summed E-state index contributed by atoms with van der Waals surface area (Å²) in [6, 6.07) is 11.4. The second-order valence-electron chi connectivity index (χ2n) is 6.40. The number of nitrogens with two attached hydrogens (primary N) is 1. The van der Waals surface area contributed by atoms with E-state index in [0.717, 1.165) is 43.1 Å². The molecule has 1 aromatic carbocycles. The molecule has 6 nitrogen and oxygen atoms in total. The summed E-state index contributed by atoms with van der Waals surface area (Å²) in [7, 11) is 2.14. The number of likely N-dealkylation sites (N-methyl/N-ethyl adjacent to an activating group) is 1. The van der Waals surface area contributed by atoms with E-state index in [2.05, 4.69) is 27.1 Å². The van der Waals surface area contributed by atoms with Crippen LogP contribution in [0, 0.1) is 0 Å². The van der Waals surface area contributed by atoms with Crippen LogP contribution in [0.1, 0.15) is 21.5 Å². The molecule has 3 N–H and O–H groups in total. The van der Waals surface area contributed by atoms with Gasteiger partial charge in [0.1, 0.15) is 5.82 Å². The fourth-order valence-electron chi connectivity index (χ4n) is 2.82. The second-order valence-corrected chi connectivity index (χ2v) is 6.40. The van der Waals surface area contributed by atoms with E-state index in [1.54, 1.807) is 12.1 Å². The topological polar surface area (TPSA) is 74.5 Å². The van der Waals surface area contributed by atoms with Gasteiger partial charge in [0.2, 0.25) is 0 Å². The van der Waals surface area contributed by atoms with Gasteiger partial charge in [0, 0.05) is 51.0 Å². The van der Waals surface area contributed by atoms with Crippen LogP contribution in [0.2, 0.25) is 0 Å². The first-order chi connectivity index (χ1) is 12.2. The molecule has 0 bridgehead atoms. The summed E-state index contributed by atoms with van der Waals surface area (Å²) >= 11 is 0. The summed E-state index contributed by atoms with van der Waals surface area (Å²) < 4.78 is 0. The molecule has 1 aliphatic heterocycles. The number of anilines is 1. The summed E-state index contributed by atoms with van der Waals surface area (Å²) in [6.45, 7) is 5.06. The number of carbonyl (C=O) groups excluding carboxylic acids is 1. The Labute approximate surface area is 160 Å². The highest BCUT2D eigenvalue weighted by molar-refractivity contribution is 5.94. The van der Waals surface area contributed by atoms with Crippen LogP contribution < -0.4 is 16.0 Å². The van der Waals surface area contributed by atoms with Gasteiger partial charge in [-0.2, -0.15) is 0 Å². The van der Waals surface area contributed by atoms with E-state index < -0.39 is 0 Å². The van der Waals surface area contributed by atoms with Crippen molar-refractivity contribution in [2.75, 3.05) is 38.1 Å². The Hall–Kier alpha value is -2.15. The van der Waals surface area contributed by atoms with E-state index >= 15 is 0 Å². The Kier molecular flexibility index (Phi) is 7.38. The Morgan fingerprint density at radius 2 is 1.73 bits per heavy atom. The maximum absolute atomic E-state index is 12.2. The summed E-state index contributed by atoms with van der Waals surface area (Å²) in [5.41, 5.74) is 8.21. The molecule has 3 rings (SSSR count). The molecule has 0 radical (unpaired) electrons. The Balaban J connectivity index is 0.00000243. The van der Waals surface area contributed by atoms with Gasteiger partial charge in [-0.1, -0.05) is 18.2 Å². The van der Waals surface area contributed by atoms with Crippen LogP contribution in [0.25, 0.3) is 0 Å². The number of nitrogens with zero attached hydrogens (tertiary/aromatic N) is 3. The fourth-order valence-corrected chi connectivity index (χ4v) is 2.82. The van der Waals surface area contributed by atoms with Crippen molar-refractivity contribution < 1.29 is 4.79 Å². The van der Waals surface area contributed by atoms with Crippen LogP contribution in [0.4, 0.5) is 5.82 Å². The van der Waals surface area contributed by atoms with E-state index in [1.807, 2.05) is 30.5 Å². The van der Waals surface area contributed by atoms with Crippen LogP contribution in [0.15, 0.2) is 42.6 Å². The van der Waals surface area contributed by atoms with Gasteiger partial charge in [-0.25, -0.2) is 4.98 Å². The average Bonchev–Trinajstić information content (AvgIpc) is 2.67. The third-order valence-electron chi connectivity index (χ3n) is 4.54. The second kappa shape index (κ2) is 9.52. The van der Waals surface area contributed by atoms with Crippen LogP contribution in [0.3, 0.4) is 0 Å². The van der Waals surface area contributed by atoms with E-state index in [1.165, 1.54) is 0 Å². The van der Waals surface area contributed by atoms with Crippen molar-refractivity contribution in [1.82, 2.24) is 15.2 Å². The molecule has 0 saturated carbocycles. The van der Waals surface area contributed by atoms with E-state index in [9.17, 15) is 4.79 Å². The Bertz CT molecular complexity index is 697. The van der Waals surface area contributed by atoms with Gasteiger partial charge in [-0.3, -0.25) is 4.79 Å². The maximum Gasteiger partial charge on any atom is 0.251 e. The zero-order chi connectivity index (χ0) is 17.6.